The maximum atomic E-state index is 12.0. The topological polar surface area (TPSA) is 80.3 Å². The zero-order valence-corrected chi connectivity index (χ0v) is 13.6. The van der Waals surface area contributed by atoms with Gasteiger partial charge in [-0.25, -0.2) is 8.42 Å². The number of aryl methyl sites for hydroxylation is 1. The molecule has 0 aliphatic carbocycles. The molecule has 5 nitrogen and oxygen atoms in total. The fourth-order valence-corrected chi connectivity index (χ4v) is 2.91. The Morgan fingerprint density at radius 1 is 1.40 bits per heavy atom. The zero-order valence-electron chi connectivity index (χ0n) is 11.2. The minimum Gasteiger partial charge on any atom is -0.351 e. The standard InChI is InChI=1S/C12H16ClNO4S2/c1-3-19(16)7-6-14-12(15)11-8-10(20(13,17)18)5-4-9(11)2/h4-5,8H,3,6-7H2,1-2H3,(H,14,15). The molecular formula is C12H16ClNO4S2. The average Bonchev–Trinajstić information content (AvgIpc) is 2.37. The van der Waals surface area contributed by atoms with Crippen molar-refractivity contribution in [3.8, 4) is 0 Å². The van der Waals surface area contributed by atoms with E-state index < -0.39 is 25.8 Å². The lowest BCUT2D eigenvalue weighted by atomic mass is 10.1. The van der Waals surface area contributed by atoms with Crippen molar-refractivity contribution in [3.05, 3.63) is 29.3 Å². The third-order valence-corrected chi connectivity index (χ3v) is 5.33. The van der Waals surface area contributed by atoms with Crippen LogP contribution in [-0.2, 0) is 19.9 Å². The Labute approximate surface area is 125 Å². The highest BCUT2D eigenvalue weighted by atomic mass is 35.7. The van der Waals surface area contributed by atoms with E-state index >= 15 is 0 Å². The summed E-state index contributed by atoms with van der Waals surface area (Å²) in [7, 11) is 0.427. The quantitative estimate of drug-likeness (QED) is 0.796. The molecule has 0 aliphatic rings. The molecule has 0 saturated carbocycles. The van der Waals surface area contributed by atoms with Crippen LogP contribution >= 0.6 is 10.7 Å². The third kappa shape index (κ3) is 4.88. The van der Waals surface area contributed by atoms with E-state index in [0.717, 1.165) is 0 Å². The number of hydrogen-bond donors (Lipinski definition) is 1. The fourth-order valence-electron chi connectivity index (χ4n) is 1.52. The summed E-state index contributed by atoms with van der Waals surface area (Å²) in [5.41, 5.74) is 0.886. The zero-order chi connectivity index (χ0) is 15.3. The van der Waals surface area contributed by atoms with Gasteiger partial charge in [-0.15, -0.1) is 0 Å². The number of nitrogens with one attached hydrogen (secondary N) is 1. The summed E-state index contributed by atoms with van der Waals surface area (Å²) in [4.78, 5) is 11.8. The van der Waals surface area contributed by atoms with E-state index in [4.69, 9.17) is 10.7 Å². The third-order valence-electron chi connectivity index (χ3n) is 2.67. The molecule has 1 N–H and O–H groups in total. The molecule has 0 bridgehead atoms. The molecule has 1 rings (SSSR count). The second kappa shape index (κ2) is 7.19. The van der Waals surface area contributed by atoms with Crippen LogP contribution in [0.3, 0.4) is 0 Å². The molecule has 8 heteroatoms. The number of carbonyl (C=O) groups is 1. The molecule has 0 radical (unpaired) electrons. The minimum absolute atomic E-state index is 0.118. The molecule has 112 valence electrons. The van der Waals surface area contributed by atoms with Crippen molar-refractivity contribution in [2.24, 2.45) is 0 Å². The summed E-state index contributed by atoms with van der Waals surface area (Å²) in [6, 6.07) is 4.11. The van der Waals surface area contributed by atoms with E-state index in [9.17, 15) is 17.4 Å². The summed E-state index contributed by atoms with van der Waals surface area (Å²) < 4.78 is 33.8. The van der Waals surface area contributed by atoms with Gasteiger partial charge in [-0.05, 0) is 24.6 Å². The first-order chi connectivity index (χ1) is 9.25. The van der Waals surface area contributed by atoms with Crippen molar-refractivity contribution in [2.45, 2.75) is 18.7 Å². The van der Waals surface area contributed by atoms with E-state index in [2.05, 4.69) is 5.32 Å². The summed E-state index contributed by atoms with van der Waals surface area (Å²) in [6.45, 7) is 3.78. The van der Waals surface area contributed by atoms with Gasteiger partial charge in [0.05, 0.1) is 4.90 Å². The summed E-state index contributed by atoms with van der Waals surface area (Å²) in [6.07, 6.45) is 0. The fraction of sp³-hybridized carbons (Fsp3) is 0.417. The Bertz CT molecular complexity index is 628. The SMILES string of the molecule is CCS(=O)CCNC(=O)c1cc(S(=O)(=O)Cl)ccc1C. The summed E-state index contributed by atoms with van der Waals surface area (Å²) in [5, 5.41) is 2.61. The predicted molar refractivity (Wildman–Crippen MR) is 80.1 cm³/mol. The van der Waals surface area contributed by atoms with Crippen LogP contribution in [0, 0.1) is 6.92 Å². The van der Waals surface area contributed by atoms with Crippen LogP contribution in [0.5, 0.6) is 0 Å². The molecule has 0 heterocycles. The lowest BCUT2D eigenvalue weighted by Crippen LogP contribution is -2.28. The van der Waals surface area contributed by atoms with Crippen molar-refractivity contribution in [1.82, 2.24) is 5.32 Å². The van der Waals surface area contributed by atoms with Gasteiger partial charge in [0.25, 0.3) is 15.0 Å². The Hall–Kier alpha value is -0.920. The van der Waals surface area contributed by atoms with E-state index in [1.807, 2.05) is 0 Å². The lowest BCUT2D eigenvalue weighted by molar-refractivity contribution is 0.0955. The molecular weight excluding hydrogens is 322 g/mol. The molecule has 1 aromatic rings. The smallest absolute Gasteiger partial charge is 0.261 e. The van der Waals surface area contributed by atoms with Crippen LogP contribution in [-0.4, -0.2) is 36.6 Å². The molecule has 1 atom stereocenters. The molecule has 1 amide bonds. The predicted octanol–water partition coefficient (Wildman–Crippen LogP) is 1.42. The van der Waals surface area contributed by atoms with Crippen LogP contribution in [0.15, 0.2) is 23.1 Å². The van der Waals surface area contributed by atoms with Crippen molar-refractivity contribution >= 4 is 36.4 Å². The number of carbonyl (C=O) groups excluding carboxylic acids is 1. The normalized spacial score (nSPS) is 12.9. The van der Waals surface area contributed by atoms with E-state index in [1.165, 1.54) is 18.2 Å². The van der Waals surface area contributed by atoms with Gasteiger partial charge in [-0.2, -0.15) is 0 Å². The van der Waals surface area contributed by atoms with Gasteiger partial charge in [0.2, 0.25) is 0 Å². The first-order valence-corrected chi connectivity index (χ1v) is 9.74. The molecule has 20 heavy (non-hydrogen) atoms. The van der Waals surface area contributed by atoms with Crippen molar-refractivity contribution in [1.29, 1.82) is 0 Å². The Morgan fingerprint density at radius 2 is 2.05 bits per heavy atom. The van der Waals surface area contributed by atoms with Gasteiger partial charge in [-0.3, -0.25) is 9.00 Å². The minimum atomic E-state index is -3.87. The van der Waals surface area contributed by atoms with Gasteiger partial charge in [-0.1, -0.05) is 13.0 Å². The molecule has 0 spiro atoms. The van der Waals surface area contributed by atoms with E-state index in [0.29, 0.717) is 17.1 Å². The first-order valence-electron chi connectivity index (χ1n) is 5.94. The van der Waals surface area contributed by atoms with Crippen LogP contribution < -0.4 is 5.32 Å². The second-order valence-electron chi connectivity index (χ2n) is 4.10. The van der Waals surface area contributed by atoms with Crippen molar-refractivity contribution < 1.29 is 17.4 Å². The number of rotatable bonds is 6. The maximum Gasteiger partial charge on any atom is 0.261 e. The molecule has 1 unspecified atom stereocenters. The van der Waals surface area contributed by atoms with Crippen molar-refractivity contribution in [2.75, 3.05) is 18.1 Å². The van der Waals surface area contributed by atoms with E-state index in [1.54, 1.807) is 13.8 Å². The van der Waals surface area contributed by atoms with Crippen molar-refractivity contribution in [3.63, 3.8) is 0 Å². The average molecular weight is 338 g/mol. The van der Waals surface area contributed by atoms with Crippen LogP contribution in [0.25, 0.3) is 0 Å². The number of amides is 1. The molecule has 0 saturated heterocycles. The monoisotopic (exact) mass is 337 g/mol. The van der Waals surface area contributed by atoms with Crippen LogP contribution in [0.4, 0.5) is 0 Å². The van der Waals surface area contributed by atoms with Gasteiger partial charge in [0, 0.05) is 45.1 Å². The molecule has 0 fully saturated rings. The molecule has 0 aromatic heterocycles. The van der Waals surface area contributed by atoms with Gasteiger partial charge < -0.3 is 5.32 Å². The van der Waals surface area contributed by atoms with Crippen LogP contribution in [0.2, 0.25) is 0 Å². The summed E-state index contributed by atoms with van der Waals surface area (Å²) in [5.74, 6) is 0.502. The van der Waals surface area contributed by atoms with Crippen LogP contribution in [0.1, 0.15) is 22.8 Å². The van der Waals surface area contributed by atoms with Gasteiger partial charge in [0.15, 0.2) is 0 Å². The Kier molecular flexibility index (Phi) is 6.16. The van der Waals surface area contributed by atoms with Gasteiger partial charge >= 0.3 is 0 Å². The number of benzene rings is 1. The largest absolute Gasteiger partial charge is 0.351 e. The highest BCUT2D eigenvalue weighted by Crippen LogP contribution is 2.19. The molecule has 1 aromatic carbocycles. The second-order valence-corrected chi connectivity index (χ2v) is 8.53. The number of halogens is 1. The molecule has 0 aliphatic heterocycles. The maximum absolute atomic E-state index is 12.0. The Morgan fingerprint density at radius 3 is 2.60 bits per heavy atom. The highest BCUT2D eigenvalue weighted by Gasteiger charge is 2.15. The summed E-state index contributed by atoms with van der Waals surface area (Å²) >= 11 is 0. The highest BCUT2D eigenvalue weighted by molar-refractivity contribution is 8.13. The van der Waals surface area contributed by atoms with Gasteiger partial charge in [0.1, 0.15) is 0 Å². The Balaban J connectivity index is 2.85. The number of hydrogen-bond acceptors (Lipinski definition) is 4. The first kappa shape index (κ1) is 17.1. The van der Waals surface area contributed by atoms with E-state index in [-0.39, 0.29) is 17.0 Å². The lowest BCUT2D eigenvalue weighted by Gasteiger charge is -2.08.